The number of hydrogen-bond acceptors (Lipinski definition) is 4. The number of pyridine rings is 1. The molecule has 1 aromatic heterocycles. The topological polar surface area (TPSA) is 68.3 Å². The van der Waals surface area contributed by atoms with Gasteiger partial charge < -0.3 is 10.1 Å². The van der Waals surface area contributed by atoms with E-state index in [1.807, 2.05) is 6.07 Å². The van der Waals surface area contributed by atoms with Gasteiger partial charge in [-0.1, -0.05) is 6.07 Å². The van der Waals surface area contributed by atoms with Crippen molar-refractivity contribution in [3.8, 4) is 0 Å². The van der Waals surface area contributed by atoms with Gasteiger partial charge in [0, 0.05) is 11.9 Å². The fourth-order valence-corrected chi connectivity index (χ4v) is 1.29. The van der Waals surface area contributed by atoms with Crippen LogP contribution in [0.5, 0.6) is 0 Å². The molecule has 1 rings (SSSR count). The summed E-state index contributed by atoms with van der Waals surface area (Å²) in [5, 5.41) is 2.56. The standard InChI is InChI=1S/C12H16N2O3/c1-3-17-12(16)9(2)14-11(15)8-10-6-4-5-7-13-10/h4-7,9H,3,8H2,1-2H3,(H,14,15). The fourth-order valence-electron chi connectivity index (χ4n) is 1.29. The highest BCUT2D eigenvalue weighted by atomic mass is 16.5. The molecule has 0 aliphatic rings. The van der Waals surface area contributed by atoms with Gasteiger partial charge in [0.15, 0.2) is 0 Å². The van der Waals surface area contributed by atoms with Gasteiger partial charge in [0.1, 0.15) is 6.04 Å². The number of rotatable bonds is 5. The van der Waals surface area contributed by atoms with E-state index in [9.17, 15) is 9.59 Å². The van der Waals surface area contributed by atoms with Crippen LogP contribution in [-0.2, 0) is 20.7 Å². The second-order valence-corrected chi connectivity index (χ2v) is 3.54. The summed E-state index contributed by atoms with van der Waals surface area (Å²) in [6.07, 6.45) is 1.78. The predicted molar refractivity (Wildman–Crippen MR) is 62.2 cm³/mol. The highest BCUT2D eigenvalue weighted by molar-refractivity contribution is 5.85. The number of carbonyl (C=O) groups is 2. The first-order valence-corrected chi connectivity index (χ1v) is 5.49. The Hall–Kier alpha value is -1.91. The molecule has 0 bridgehead atoms. The van der Waals surface area contributed by atoms with Gasteiger partial charge in [-0.05, 0) is 26.0 Å². The van der Waals surface area contributed by atoms with E-state index >= 15 is 0 Å². The highest BCUT2D eigenvalue weighted by Crippen LogP contribution is 1.96. The molecule has 1 heterocycles. The van der Waals surface area contributed by atoms with Crippen molar-refractivity contribution in [2.24, 2.45) is 0 Å². The third kappa shape index (κ3) is 4.63. The summed E-state index contributed by atoms with van der Waals surface area (Å²) in [6, 6.07) is 4.72. The van der Waals surface area contributed by atoms with Gasteiger partial charge in [-0.15, -0.1) is 0 Å². The van der Waals surface area contributed by atoms with Gasteiger partial charge in [-0.3, -0.25) is 9.78 Å². The lowest BCUT2D eigenvalue weighted by Crippen LogP contribution is -2.40. The molecular formula is C12H16N2O3. The molecule has 1 atom stereocenters. The van der Waals surface area contributed by atoms with Crippen molar-refractivity contribution < 1.29 is 14.3 Å². The molecule has 92 valence electrons. The Morgan fingerprint density at radius 2 is 2.24 bits per heavy atom. The fraction of sp³-hybridized carbons (Fsp3) is 0.417. The zero-order chi connectivity index (χ0) is 12.7. The monoisotopic (exact) mass is 236 g/mol. The van der Waals surface area contributed by atoms with Crippen LogP contribution in [0, 0.1) is 0 Å². The van der Waals surface area contributed by atoms with Crippen molar-refractivity contribution in [2.45, 2.75) is 26.3 Å². The van der Waals surface area contributed by atoms with E-state index in [1.54, 1.807) is 32.2 Å². The number of esters is 1. The average molecular weight is 236 g/mol. The molecule has 0 spiro atoms. The maximum Gasteiger partial charge on any atom is 0.328 e. The largest absolute Gasteiger partial charge is 0.464 e. The van der Waals surface area contributed by atoms with E-state index < -0.39 is 12.0 Å². The highest BCUT2D eigenvalue weighted by Gasteiger charge is 2.16. The van der Waals surface area contributed by atoms with E-state index in [-0.39, 0.29) is 12.3 Å². The van der Waals surface area contributed by atoms with Crippen molar-refractivity contribution in [3.63, 3.8) is 0 Å². The SMILES string of the molecule is CCOC(=O)C(C)NC(=O)Cc1ccccn1. The number of hydrogen-bond donors (Lipinski definition) is 1. The van der Waals surface area contributed by atoms with E-state index in [0.717, 1.165) is 0 Å². The minimum absolute atomic E-state index is 0.157. The molecule has 0 fully saturated rings. The van der Waals surface area contributed by atoms with E-state index in [4.69, 9.17) is 4.74 Å². The number of nitrogens with one attached hydrogen (secondary N) is 1. The minimum atomic E-state index is -0.633. The van der Waals surface area contributed by atoms with Crippen LogP contribution in [0.3, 0.4) is 0 Å². The molecule has 5 heteroatoms. The Bertz CT molecular complexity index is 379. The van der Waals surface area contributed by atoms with Crippen LogP contribution in [0.2, 0.25) is 0 Å². The number of amides is 1. The summed E-state index contributed by atoms with van der Waals surface area (Å²) in [5.41, 5.74) is 0.668. The molecule has 5 nitrogen and oxygen atoms in total. The van der Waals surface area contributed by atoms with Gasteiger partial charge in [0.25, 0.3) is 0 Å². The summed E-state index contributed by atoms with van der Waals surface area (Å²) < 4.78 is 4.79. The molecule has 0 aliphatic heterocycles. The lowest BCUT2D eigenvalue weighted by Gasteiger charge is -2.12. The molecule has 1 unspecified atom stereocenters. The quantitative estimate of drug-likeness (QED) is 0.764. The summed E-state index contributed by atoms with van der Waals surface area (Å²) in [4.78, 5) is 26.9. The molecular weight excluding hydrogens is 220 g/mol. The maximum absolute atomic E-state index is 11.6. The Balaban J connectivity index is 2.42. The molecule has 17 heavy (non-hydrogen) atoms. The van der Waals surface area contributed by atoms with Crippen LogP contribution >= 0.6 is 0 Å². The smallest absolute Gasteiger partial charge is 0.328 e. The predicted octanol–water partition coefficient (Wildman–Crippen LogP) is 0.692. The molecule has 0 radical (unpaired) electrons. The zero-order valence-electron chi connectivity index (χ0n) is 9.97. The summed E-state index contributed by atoms with van der Waals surface area (Å²) in [6.45, 7) is 3.62. The summed E-state index contributed by atoms with van der Waals surface area (Å²) in [5.74, 6) is -0.675. The summed E-state index contributed by atoms with van der Waals surface area (Å²) in [7, 11) is 0. The normalized spacial score (nSPS) is 11.6. The van der Waals surface area contributed by atoms with Crippen LogP contribution in [0.4, 0.5) is 0 Å². The Kier molecular flexibility index (Phi) is 5.13. The number of nitrogens with zero attached hydrogens (tertiary/aromatic N) is 1. The lowest BCUT2D eigenvalue weighted by atomic mass is 10.2. The second kappa shape index (κ2) is 6.62. The maximum atomic E-state index is 11.6. The number of ether oxygens (including phenoxy) is 1. The van der Waals surface area contributed by atoms with Crippen molar-refractivity contribution in [3.05, 3.63) is 30.1 Å². The molecule has 1 amide bonds. The molecule has 0 saturated carbocycles. The van der Waals surface area contributed by atoms with Crippen LogP contribution < -0.4 is 5.32 Å². The van der Waals surface area contributed by atoms with Crippen LogP contribution in [-0.4, -0.2) is 29.5 Å². The van der Waals surface area contributed by atoms with Gasteiger partial charge in [0.2, 0.25) is 5.91 Å². The Labute approximate surface area is 100 Å². The van der Waals surface area contributed by atoms with Gasteiger partial charge >= 0.3 is 5.97 Å². The van der Waals surface area contributed by atoms with E-state index in [1.165, 1.54) is 0 Å². The number of carbonyl (C=O) groups excluding carboxylic acids is 2. The Morgan fingerprint density at radius 1 is 1.47 bits per heavy atom. The number of aromatic nitrogens is 1. The summed E-state index contributed by atoms with van der Waals surface area (Å²) >= 11 is 0. The van der Waals surface area contributed by atoms with Crippen molar-refractivity contribution in [1.29, 1.82) is 0 Å². The van der Waals surface area contributed by atoms with Crippen molar-refractivity contribution >= 4 is 11.9 Å². The molecule has 1 N–H and O–H groups in total. The molecule has 0 saturated heterocycles. The first-order valence-electron chi connectivity index (χ1n) is 5.49. The third-order valence-electron chi connectivity index (χ3n) is 2.09. The van der Waals surface area contributed by atoms with E-state index in [0.29, 0.717) is 12.3 Å². The van der Waals surface area contributed by atoms with Crippen LogP contribution in [0.1, 0.15) is 19.5 Å². The lowest BCUT2D eigenvalue weighted by molar-refractivity contribution is -0.146. The first kappa shape index (κ1) is 13.2. The van der Waals surface area contributed by atoms with Crippen molar-refractivity contribution in [2.75, 3.05) is 6.61 Å². The zero-order valence-corrected chi connectivity index (χ0v) is 9.97. The average Bonchev–Trinajstić information content (AvgIpc) is 2.30. The van der Waals surface area contributed by atoms with Crippen LogP contribution in [0.15, 0.2) is 24.4 Å². The third-order valence-corrected chi connectivity index (χ3v) is 2.09. The second-order valence-electron chi connectivity index (χ2n) is 3.54. The molecule has 0 aromatic carbocycles. The van der Waals surface area contributed by atoms with Crippen molar-refractivity contribution in [1.82, 2.24) is 10.3 Å². The van der Waals surface area contributed by atoms with E-state index in [2.05, 4.69) is 10.3 Å². The van der Waals surface area contributed by atoms with Gasteiger partial charge in [0.05, 0.1) is 13.0 Å². The first-order chi connectivity index (χ1) is 8.13. The van der Waals surface area contributed by atoms with Gasteiger partial charge in [-0.25, -0.2) is 4.79 Å². The molecule has 0 aliphatic carbocycles. The molecule has 1 aromatic rings. The van der Waals surface area contributed by atoms with Gasteiger partial charge in [-0.2, -0.15) is 0 Å². The minimum Gasteiger partial charge on any atom is -0.464 e. The Morgan fingerprint density at radius 3 is 2.82 bits per heavy atom. The van der Waals surface area contributed by atoms with Crippen LogP contribution in [0.25, 0.3) is 0 Å².